The van der Waals surface area contributed by atoms with Crippen molar-refractivity contribution in [3.63, 3.8) is 0 Å². The summed E-state index contributed by atoms with van der Waals surface area (Å²) in [5, 5.41) is 11.2. The van der Waals surface area contributed by atoms with Crippen molar-refractivity contribution in [2.45, 2.75) is 23.4 Å². The van der Waals surface area contributed by atoms with Crippen molar-refractivity contribution in [1.29, 1.82) is 0 Å². The summed E-state index contributed by atoms with van der Waals surface area (Å²) in [6.07, 6.45) is 0. The maximum atomic E-state index is 13.7. The standard InChI is InChI=1S/C19H19FN4OS2/c1-3-24(14-9-5-4-6-10-14)17(25)13(2)26-19-23-22-18(27-19)21-16-12-8-7-11-15(16)20/h4-13H,3H2,1-2H3,(H,21,22)/t13-/m0/s1. The summed E-state index contributed by atoms with van der Waals surface area (Å²) in [5.74, 6) is -0.348. The van der Waals surface area contributed by atoms with Crippen LogP contribution < -0.4 is 10.2 Å². The quantitative estimate of drug-likeness (QED) is 0.567. The molecular formula is C19H19FN4OS2. The molecule has 2 aromatic carbocycles. The highest BCUT2D eigenvalue weighted by molar-refractivity contribution is 8.02. The number of anilines is 3. The number of para-hydroxylation sites is 2. The summed E-state index contributed by atoms with van der Waals surface area (Å²) in [6, 6.07) is 16.0. The van der Waals surface area contributed by atoms with Crippen molar-refractivity contribution in [2.75, 3.05) is 16.8 Å². The van der Waals surface area contributed by atoms with E-state index in [-0.39, 0.29) is 17.0 Å². The first-order chi connectivity index (χ1) is 13.1. The van der Waals surface area contributed by atoms with Crippen molar-refractivity contribution < 1.29 is 9.18 Å². The average Bonchev–Trinajstić information content (AvgIpc) is 3.12. The number of hydrogen-bond acceptors (Lipinski definition) is 6. The lowest BCUT2D eigenvalue weighted by Crippen LogP contribution is -2.36. The number of rotatable bonds is 7. The van der Waals surface area contributed by atoms with Gasteiger partial charge in [-0.25, -0.2) is 4.39 Å². The molecule has 1 heterocycles. The van der Waals surface area contributed by atoms with Crippen LogP contribution in [0.4, 0.5) is 20.9 Å². The van der Waals surface area contributed by atoms with Gasteiger partial charge in [0.1, 0.15) is 5.82 Å². The molecule has 1 aromatic heterocycles. The number of benzene rings is 2. The second-order valence-corrected chi connectivity index (χ2v) is 8.22. The zero-order valence-corrected chi connectivity index (χ0v) is 16.6. The monoisotopic (exact) mass is 402 g/mol. The summed E-state index contributed by atoms with van der Waals surface area (Å²) in [7, 11) is 0. The highest BCUT2D eigenvalue weighted by Crippen LogP contribution is 2.32. The Morgan fingerprint density at radius 1 is 1.19 bits per heavy atom. The minimum atomic E-state index is -0.355. The van der Waals surface area contributed by atoms with E-state index in [4.69, 9.17) is 0 Å². The highest BCUT2D eigenvalue weighted by Gasteiger charge is 2.23. The average molecular weight is 403 g/mol. The third-order valence-electron chi connectivity index (χ3n) is 3.80. The minimum absolute atomic E-state index is 0.00696. The molecule has 1 N–H and O–H groups in total. The fourth-order valence-corrected chi connectivity index (χ4v) is 4.45. The van der Waals surface area contributed by atoms with E-state index in [1.54, 1.807) is 23.1 Å². The molecule has 0 aliphatic heterocycles. The number of amides is 1. The van der Waals surface area contributed by atoms with E-state index in [1.807, 2.05) is 44.2 Å². The van der Waals surface area contributed by atoms with Gasteiger partial charge >= 0.3 is 0 Å². The summed E-state index contributed by atoms with van der Waals surface area (Å²) in [6.45, 7) is 4.39. The Kier molecular flexibility index (Phi) is 6.41. The fourth-order valence-electron chi connectivity index (χ4n) is 2.48. The Labute approximate surface area is 165 Å². The van der Waals surface area contributed by atoms with Crippen LogP contribution in [-0.4, -0.2) is 27.9 Å². The van der Waals surface area contributed by atoms with Crippen molar-refractivity contribution in [2.24, 2.45) is 0 Å². The Balaban J connectivity index is 1.66. The van der Waals surface area contributed by atoms with E-state index in [1.165, 1.54) is 29.2 Å². The zero-order chi connectivity index (χ0) is 19.2. The number of nitrogens with one attached hydrogen (secondary N) is 1. The van der Waals surface area contributed by atoms with Gasteiger partial charge in [0.05, 0.1) is 10.9 Å². The number of carbonyl (C=O) groups excluding carboxylic acids is 1. The molecular weight excluding hydrogens is 383 g/mol. The van der Waals surface area contributed by atoms with Crippen LogP contribution in [0.3, 0.4) is 0 Å². The molecule has 3 rings (SSSR count). The molecule has 27 heavy (non-hydrogen) atoms. The molecule has 0 aliphatic rings. The minimum Gasteiger partial charge on any atom is -0.328 e. The Hall–Kier alpha value is -2.45. The van der Waals surface area contributed by atoms with Gasteiger partial charge in [0.15, 0.2) is 4.34 Å². The van der Waals surface area contributed by atoms with Gasteiger partial charge < -0.3 is 10.2 Å². The number of nitrogens with zero attached hydrogens (tertiary/aromatic N) is 3. The van der Waals surface area contributed by atoms with Crippen molar-refractivity contribution >= 4 is 45.5 Å². The lowest BCUT2D eigenvalue weighted by Gasteiger charge is -2.23. The maximum Gasteiger partial charge on any atom is 0.240 e. The number of thioether (sulfide) groups is 1. The predicted octanol–water partition coefficient (Wildman–Crippen LogP) is 4.95. The van der Waals surface area contributed by atoms with Crippen LogP contribution in [0.1, 0.15) is 13.8 Å². The van der Waals surface area contributed by atoms with E-state index in [2.05, 4.69) is 15.5 Å². The number of halogens is 1. The summed E-state index contributed by atoms with van der Waals surface area (Å²) < 4.78 is 14.4. The molecule has 0 fully saturated rings. The first kappa shape index (κ1) is 19.3. The van der Waals surface area contributed by atoms with E-state index in [0.29, 0.717) is 21.7 Å². The smallest absolute Gasteiger partial charge is 0.240 e. The lowest BCUT2D eigenvalue weighted by molar-refractivity contribution is -0.117. The van der Waals surface area contributed by atoms with E-state index in [9.17, 15) is 9.18 Å². The van der Waals surface area contributed by atoms with Gasteiger partial charge in [-0.05, 0) is 38.1 Å². The Morgan fingerprint density at radius 2 is 1.89 bits per heavy atom. The van der Waals surface area contributed by atoms with Gasteiger partial charge in [0.25, 0.3) is 0 Å². The first-order valence-corrected chi connectivity index (χ1v) is 10.2. The van der Waals surface area contributed by atoms with Gasteiger partial charge in [0.2, 0.25) is 11.0 Å². The molecule has 0 saturated heterocycles. The lowest BCUT2D eigenvalue weighted by atomic mass is 10.2. The van der Waals surface area contributed by atoms with Crippen molar-refractivity contribution in [3.8, 4) is 0 Å². The number of carbonyl (C=O) groups is 1. The van der Waals surface area contributed by atoms with Gasteiger partial charge in [-0.3, -0.25) is 4.79 Å². The second kappa shape index (κ2) is 8.96. The summed E-state index contributed by atoms with van der Waals surface area (Å²) in [4.78, 5) is 14.6. The van der Waals surface area contributed by atoms with Crippen LogP contribution in [0, 0.1) is 5.82 Å². The zero-order valence-electron chi connectivity index (χ0n) is 14.9. The van der Waals surface area contributed by atoms with Gasteiger partial charge in [0, 0.05) is 12.2 Å². The number of hydrogen-bond donors (Lipinski definition) is 1. The fraction of sp³-hybridized carbons (Fsp3) is 0.211. The second-order valence-electron chi connectivity index (χ2n) is 5.66. The van der Waals surface area contributed by atoms with Crippen LogP contribution in [0.5, 0.6) is 0 Å². The predicted molar refractivity (Wildman–Crippen MR) is 109 cm³/mol. The molecule has 0 saturated carbocycles. The van der Waals surface area contributed by atoms with Crippen LogP contribution in [-0.2, 0) is 4.79 Å². The largest absolute Gasteiger partial charge is 0.328 e. The van der Waals surface area contributed by atoms with Crippen LogP contribution >= 0.6 is 23.1 Å². The Bertz CT molecular complexity index is 903. The molecule has 0 bridgehead atoms. The van der Waals surface area contributed by atoms with E-state index >= 15 is 0 Å². The third kappa shape index (κ3) is 4.84. The maximum absolute atomic E-state index is 13.7. The van der Waals surface area contributed by atoms with Gasteiger partial charge in [-0.1, -0.05) is 53.4 Å². The molecule has 0 unspecified atom stereocenters. The van der Waals surface area contributed by atoms with Crippen molar-refractivity contribution in [3.05, 3.63) is 60.4 Å². The highest BCUT2D eigenvalue weighted by atomic mass is 32.2. The molecule has 8 heteroatoms. The Morgan fingerprint density at radius 3 is 2.59 bits per heavy atom. The molecule has 1 amide bonds. The first-order valence-electron chi connectivity index (χ1n) is 8.46. The van der Waals surface area contributed by atoms with Crippen LogP contribution in [0.2, 0.25) is 0 Å². The molecule has 0 spiro atoms. The molecule has 3 aromatic rings. The summed E-state index contributed by atoms with van der Waals surface area (Å²) >= 11 is 2.64. The SMILES string of the molecule is CCN(C(=O)[C@H](C)Sc1nnc(Nc2ccccc2F)s1)c1ccccc1. The van der Waals surface area contributed by atoms with Crippen LogP contribution in [0.25, 0.3) is 0 Å². The van der Waals surface area contributed by atoms with E-state index in [0.717, 1.165) is 5.69 Å². The van der Waals surface area contributed by atoms with Crippen molar-refractivity contribution in [1.82, 2.24) is 10.2 Å². The normalized spacial score (nSPS) is 11.8. The molecule has 0 radical (unpaired) electrons. The molecule has 1 atom stereocenters. The van der Waals surface area contributed by atoms with Crippen LogP contribution in [0.15, 0.2) is 58.9 Å². The van der Waals surface area contributed by atoms with Gasteiger partial charge in [-0.15, -0.1) is 10.2 Å². The summed E-state index contributed by atoms with van der Waals surface area (Å²) in [5.41, 5.74) is 1.21. The molecule has 0 aliphatic carbocycles. The molecule has 140 valence electrons. The van der Waals surface area contributed by atoms with E-state index < -0.39 is 0 Å². The van der Waals surface area contributed by atoms with Gasteiger partial charge in [-0.2, -0.15) is 0 Å². The topological polar surface area (TPSA) is 58.1 Å². The third-order valence-corrected chi connectivity index (χ3v) is 5.81. The number of aromatic nitrogens is 2. The molecule has 5 nitrogen and oxygen atoms in total.